The van der Waals surface area contributed by atoms with Crippen LogP contribution in [0.3, 0.4) is 0 Å². The van der Waals surface area contributed by atoms with Crippen LogP contribution in [-0.4, -0.2) is 27.0 Å². The van der Waals surface area contributed by atoms with Crippen LogP contribution in [0.2, 0.25) is 5.02 Å². The van der Waals surface area contributed by atoms with Gasteiger partial charge in [0.15, 0.2) is 0 Å². The molecular weight excluding hydrogens is 286 g/mol. The molecule has 0 spiro atoms. The van der Waals surface area contributed by atoms with Crippen molar-refractivity contribution in [3.63, 3.8) is 0 Å². The van der Waals surface area contributed by atoms with Gasteiger partial charge in [0.25, 0.3) is 0 Å². The Morgan fingerprint density at radius 1 is 1.38 bits per heavy atom. The van der Waals surface area contributed by atoms with E-state index in [4.69, 9.17) is 11.6 Å². The first-order chi connectivity index (χ1) is 10.1. The van der Waals surface area contributed by atoms with Crippen LogP contribution < -0.4 is 5.69 Å². The van der Waals surface area contributed by atoms with E-state index < -0.39 is 0 Å². The number of aromatic nitrogens is 2. The maximum atomic E-state index is 12.2. The van der Waals surface area contributed by atoms with Crippen LogP contribution >= 0.6 is 11.6 Å². The molecular formula is C16H20ClN3O. The second-order valence-corrected chi connectivity index (χ2v) is 7.01. The SMILES string of the molecule is CC1Cn2c(=O)[nH]c3cc(Cl)cc(c32)CN1CC1CCC1. The van der Waals surface area contributed by atoms with Gasteiger partial charge in [-0.25, -0.2) is 4.79 Å². The van der Waals surface area contributed by atoms with E-state index in [1.165, 1.54) is 24.8 Å². The van der Waals surface area contributed by atoms with Crippen molar-refractivity contribution < 1.29 is 0 Å². The molecule has 4 rings (SSSR count). The highest BCUT2D eigenvalue weighted by molar-refractivity contribution is 6.31. The standard InChI is InChI=1S/C16H20ClN3O/c1-10-7-20-15-12(9-19(10)8-11-3-2-4-11)5-13(17)6-14(15)18-16(20)21/h5-6,10-11H,2-4,7-9H2,1H3,(H,18,21). The average molecular weight is 306 g/mol. The Hall–Kier alpha value is -1.26. The van der Waals surface area contributed by atoms with Gasteiger partial charge in [0.2, 0.25) is 0 Å². The molecule has 4 nitrogen and oxygen atoms in total. The lowest BCUT2D eigenvalue weighted by atomic mass is 9.85. The highest BCUT2D eigenvalue weighted by atomic mass is 35.5. The van der Waals surface area contributed by atoms with E-state index in [-0.39, 0.29) is 5.69 Å². The first-order valence-electron chi connectivity index (χ1n) is 7.77. The van der Waals surface area contributed by atoms with Gasteiger partial charge in [0.1, 0.15) is 0 Å². The fourth-order valence-corrected chi connectivity index (χ4v) is 3.90. The molecule has 0 radical (unpaired) electrons. The van der Waals surface area contributed by atoms with Gasteiger partial charge in [0, 0.05) is 30.7 Å². The van der Waals surface area contributed by atoms with Gasteiger partial charge >= 0.3 is 5.69 Å². The molecule has 1 unspecified atom stereocenters. The summed E-state index contributed by atoms with van der Waals surface area (Å²) in [6.07, 6.45) is 4.07. The quantitative estimate of drug-likeness (QED) is 0.926. The first kappa shape index (κ1) is 13.4. The molecule has 5 heteroatoms. The Bertz CT molecular complexity index is 744. The van der Waals surface area contributed by atoms with E-state index in [1.807, 2.05) is 16.7 Å². The molecule has 0 amide bonds. The third-order valence-corrected chi connectivity index (χ3v) is 5.29. The molecule has 0 bridgehead atoms. The van der Waals surface area contributed by atoms with Crippen molar-refractivity contribution in [3.8, 4) is 0 Å². The molecule has 1 aliphatic heterocycles. The fraction of sp³-hybridized carbons (Fsp3) is 0.562. The maximum Gasteiger partial charge on any atom is 0.326 e. The van der Waals surface area contributed by atoms with Gasteiger partial charge in [-0.05, 0) is 43.4 Å². The van der Waals surface area contributed by atoms with Crippen molar-refractivity contribution in [2.75, 3.05) is 6.54 Å². The molecule has 112 valence electrons. The van der Waals surface area contributed by atoms with E-state index >= 15 is 0 Å². The normalized spacial score (nSPS) is 23.2. The first-order valence-corrected chi connectivity index (χ1v) is 8.14. The van der Waals surface area contributed by atoms with Crippen LogP contribution in [0, 0.1) is 5.92 Å². The molecule has 2 aliphatic rings. The molecule has 1 aromatic heterocycles. The molecule has 1 aromatic carbocycles. The smallest absolute Gasteiger partial charge is 0.305 e. The number of aromatic amines is 1. The molecule has 1 fully saturated rings. The molecule has 2 aromatic rings. The minimum absolute atomic E-state index is 0.0224. The topological polar surface area (TPSA) is 41.0 Å². The Balaban J connectivity index is 1.78. The summed E-state index contributed by atoms with van der Waals surface area (Å²) in [6, 6.07) is 4.23. The van der Waals surface area contributed by atoms with Crippen LogP contribution in [0.15, 0.2) is 16.9 Å². The minimum Gasteiger partial charge on any atom is -0.305 e. The summed E-state index contributed by atoms with van der Waals surface area (Å²) in [5.74, 6) is 0.831. The van der Waals surface area contributed by atoms with Gasteiger partial charge in [-0.15, -0.1) is 0 Å². The Morgan fingerprint density at radius 2 is 2.19 bits per heavy atom. The molecule has 1 N–H and O–H groups in total. The zero-order chi connectivity index (χ0) is 14.6. The number of nitrogens with zero attached hydrogens (tertiary/aromatic N) is 2. The number of nitrogens with one attached hydrogen (secondary N) is 1. The van der Waals surface area contributed by atoms with Crippen molar-refractivity contribution in [1.82, 2.24) is 14.5 Å². The maximum absolute atomic E-state index is 12.2. The zero-order valence-corrected chi connectivity index (χ0v) is 13.0. The molecule has 1 atom stereocenters. The Labute approximate surface area is 128 Å². The molecule has 1 saturated carbocycles. The van der Waals surface area contributed by atoms with E-state index in [9.17, 15) is 4.79 Å². The Morgan fingerprint density at radius 3 is 2.90 bits per heavy atom. The average Bonchev–Trinajstić information content (AvgIpc) is 2.60. The van der Waals surface area contributed by atoms with Gasteiger partial charge in [-0.3, -0.25) is 9.47 Å². The van der Waals surface area contributed by atoms with Gasteiger partial charge in [-0.1, -0.05) is 18.0 Å². The van der Waals surface area contributed by atoms with E-state index in [1.54, 1.807) is 0 Å². The molecule has 1 aliphatic carbocycles. The lowest BCUT2D eigenvalue weighted by Crippen LogP contribution is -2.40. The van der Waals surface area contributed by atoms with Crippen LogP contribution in [0.1, 0.15) is 31.7 Å². The molecule has 0 saturated heterocycles. The van der Waals surface area contributed by atoms with Crippen LogP contribution in [-0.2, 0) is 13.1 Å². The second kappa shape index (κ2) is 4.89. The lowest BCUT2D eigenvalue weighted by molar-refractivity contribution is 0.127. The minimum atomic E-state index is -0.0224. The zero-order valence-electron chi connectivity index (χ0n) is 12.2. The summed E-state index contributed by atoms with van der Waals surface area (Å²) >= 11 is 6.22. The van der Waals surface area contributed by atoms with Gasteiger partial charge in [-0.2, -0.15) is 0 Å². The molecule has 2 heterocycles. The Kier molecular flexibility index (Phi) is 3.12. The monoisotopic (exact) mass is 305 g/mol. The highest BCUT2D eigenvalue weighted by Gasteiger charge is 2.28. The predicted octanol–water partition coefficient (Wildman–Crippen LogP) is 2.99. The summed E-state index contributed by atoms with van der Waals surface area (Å²) in [5, 5.41) is 0.698. The van der Waals surface area contributed by atoms with Gasteiger partial charge < -0.3 is 4.98 Å². The summed E-state index contributed by atoms with van der Waals surface area (Å²) in [5.41, 5.74) is 3.04. The van der Waals surface area contributed by atoms with Crippen molar-refractivity contribution >= 4 is 22.6 Å². The number of halogens is 1. The van der Waals surface area contributed by atoms with Crippen molar-refractivity contribution in [2.24, 2.45) is 5.92 Å². The van der Waals surface area contributed by atoms with Gasteiger partial charge in [0.05, 0.1) is 11.0 Å². The summed E-state index contributed by atoms with van der Waals surface area (Å²) in [6.45, 7) is 4.99. The van der Waals surface area contributed by atoms with Crippen LogP contribution in [0.5, 0.6) is 0 Å². The number of rotatable bonds is 2. The van der Waals surface area contributed by atoms with E-state index in [0.29, 0.717) is 11.1 Å². The highest BCUT2D eigenvalue weighted by Crippen LogP contribution is 2.31. The van der Waals surface area contributed by atoms with Crippen LogP contribution in [0.4, 0.5) is 0 Å². The third-order valence-electron chi connectivity index (χ3n) is 5.07. The van der Waals surface area contributed by atoms with E-state index in [2.05, 4.69) is 16.8 Å². The second-order valence-electron chi connectivity index (χ2n) is 6.58. The van der Waals surface area contributed by atoms with Crippen molar-refractivity contribution in [2.45, 2.75) is 45.3 Å². The molecule has 21 heavy (non-hydrogen) atoms. The number of imidazole rings is 1. The number of benzene rings is 1. The fourth-order valence-electron chi connectivity index (χ4n) is 3.65. The van der Waals surface area contributed by atoms with Crippen LogP contribution in [0.25, 0.3) is 11.0 Å². The largest absolute Gasteiger partial charge is 0.326 e. The number of H-pyrrole nitrogens is 1. The third kappa shape index (κ3) is 2.21. The lowest BCUT2D eigenvalue weighted by Gasteiger charge is -2.35. The summed E-state index contributed by atoms with van der Waals surface area (Å²) < 4.78 is 1.88. The van der Waals surface area contributed by atoms with Crippen molar-refractivity contribution in [1.29, 1.82) is 0 Å². The number of hydrogen-bond acceptors (Lipinski definition) is 2. The predicted molar refractivity (Wildman–Crippen MR) is 84.8 cm³/mol. The number of hydrogen-bond donors (Lipinski definition) is 1. The van der Waals surface area contributed by atoms with E-state index in [0.717, 1.165) is 36.6 Å². The summed E-state index contributed by atoms with van der Waals surface area (Å²) in [7, 11) is 0. The van der Waals surface area contributed by atoms with Crippen molar-refractivity contribution in [3.05, 3.63) is 33.2 Å². The summed E-state index contributed by atoms with van der Waals surface area (Å²) in [4.78, 5) is 17.7.